The van der Waals surface area contributed by atoms with Crippen molar-refractivity contribution in [1.82, 2.24) is 15.4 Å². The fraction of sp³-hybridized carbons (Fsp3) is 0.182. The Morgan fingerprint density at radius 3 is 2.48 bits per heavy atom. The van der Waals surface area contributed by atoms with Gasteiger partial charge in [0.1, 0.15) is 5.75 Å². The second kappa shape index (κ2) is 10.6. The molecule has 3 rings (SSSR count). The number of alkyl halides is 2. The van der Waals surface area contributed by atoms with Crippen molar-refractivity contribution in [2.24, 2.45) is 5.10 Å². The summed E-state index contributed by atoms with van der Waals surface area (Å²) in [6, 6.07) is 15.2. The predicted molar refractivity (Wildman–Crippen MR) is 116 cm³/mol. The lowest BCUT2D eigenvalue weighted by molar-refractivity contribution is -0.0499. The molecular formula is C22H20F2N4O2S. The minimum absolute atomic E-state index is 0.0230. The van der Waals surface area contributed by atoms with Gasteiger partial charge in [0, 0.05) is 28.3 Å². The zero-order chi connectivity index (χ0) is 22.2. The van der Waals surface area contributed by atoms with Crippen LogP contribution in [0.2, 0.25) is 0 Å². The molecule has 9 heteroatoms. The minimum Gasteiger partial charge on any atom is -0.434 e. The van der Waals surface area contributed by atoms with Crippen LogP contribution in [0.3, 0.4) is 0 Å². The highest BCUT2D eigenvalue weighted by Gasteiger charge is 2.08. The van der Waals surface area contributed by atoms with E-state index in [-0.39, 0.29) is 5.75 Å². The molecule has 2 aromatic carbocycles. The number of nitrogens with zero attached hydrogens (tertiary/aromatic N) is 3. The van der Waals surface area contributed by atoms with Crippen molar-refractivity contribution in [3.63, 3.8) is 0 Å². The van der Waals surface area contributed by atoms with E-state index in [1.165, 1.54) is 24.0 Å². The number of hydrogen-bond acceptors (Lipinski definition) is 6. The van der Waals surface area contributed by atoms with Crippen LogP contribution in [0.4, 0.5) is 8.78 Å². The lowest BCUT2D eigenvalue weighted by Gasteiger charge is -2.07. The van der Waals surface area contributed by atoms with Crippen LogP contribution in [-0.4, -0.2) is 28.7 Å². The lowest BCUT2D eigenvalue weighted by Crippen LogP contribution is -2.17. The summed E-state index contributed by atoms with van der Waals surface area (Å²) >= 11 is 1.52. The Kier molecular flexibility index (Phi) is 7.66. The number of aryl methyl sites for hydroxylation is 2. The molecule has 1 aromatic heterocycles. The van der Waals surface area contributed by atoms with Crippen LogP contribution in [0.25, 0.3) is 0 Å². The number of para-hydroxylation sites is 1. The summed E-state index contributed by atoms with van der Waals surface area (Å²) in [5.41, 5.74) is 5.99. The number of thioether (sulfide) groups is 1. The summed E-state index contributed by atoms with van der Waals surface area (Å²) in [5, 5.41) is 4.54. The van der Waals surface area contributed by atoms with E-state index in [1.807, 2.05) is 32.0 Å². The molecule has 3 aromatic rings. The van der Waals surface area contributed by atoms with E-state index in [4.69, 9.17) is 0 Å². The molecule has 160 valence electrons. The number of hydrazone groups is 1. The van der Waals surface area contributed by atoms with Gasteiger partial charge in [0.05, 0.1) is 6.21 Å². The molecule has 0 radical (unpaired) electrons. The lowest BCUT2D eigenvalue weighted by atomic mass is 10.1. The summed E-state index contributed by atoms with van der Waals surface area (Å²) in [7, 11) is 0. The van der Waals surface area contributed by atoms with Gasteiger partial charge in [0.15, 0.2) is 5.16 Å². The second-order valence-corrected chi connectivity index (χ2v) is 7.48. The molecule has 0 spiro atoms. The van der Waals surface area contributed by atoms with E-state index in [2.05, 4.69) is 25.2 Å². The van der Waals surface area contributed by atoms with Gasteiger partial charge < -0.3 is 4.74 Å². The number of rotatable bonds is 8. The average Bonchev–Trinajstić information content (AvgIpc) is 2.73. The Morgan fingerprint density at radius 1 is 1.13 bits per heavy atom. The molecule has 0 aliphatic carbocycles. The molecule has 0 aliphatic rings. The smallest absolute Gasteiger partial charge is 0.387 e. The highest BCUT2D eigenvalue weighted by Crippen LogP contribution is 2.20. The van der Waals surface area contributed by atoms with Gasteiger partial charge in [-0.15, -0.1) is 0 Å². The van der Waals surface area contributed by atoms with Crippen molar-refractivity contribution in [2.45, 2.75) is 31.4 Å². The molecule has 0 saturated heterocycles. The first-order chi connectivity index (χ1) is 14.9. The van der Waals surface area contributed by atoms with E-state index in [1.54, 1.807) is 30.3 Å². The SMILES string of the molecule is Cc1cc(C)nc(SCc2ccc(C(=O)N/N=C\c3ccccc3OC(F)F)cc2)n1. The van der Waals surface area contributed by atoms with Gasteiger partial charge in [0.2, 0.25) is 0 Å². The predicted octanol–water partition coefficient (Wildman–Crippen LogP) is 4.75. The van der Waals surface area contributed by atoms with Gasteiger partial charge >= 0.3 is 6.61 Å². The first-order valence-corrected chi connectivity index (χ1v) is 10.3. The van der Waals surface area contributed by atoms with Crippen LogP contribution >= 0.6 is 11.8 Å². The van der Waals surface area contributed by atoms with Gasteiger partial charge in [-0.2, -0.15) is 13.9 Å². The Balaban J connectivity index is 1.56. The average molecular weight is 442 g/mol. The van der Waals surface area contributed by atoms with Crippen LogP contribution < -0.4 is 10.2 Å². The number of halogens is 2. The molecule has 6 nitrogen and oxygen atoms in total. The minimum atomic E-state index is -2.94. The Morgan fingerprint density at radius 2 is 1.81 bits per heavy atom. The van der Waals surface area contributed by atoms with Crippen LogP contribution in [0.1, 0.15) is 32.9 Å². The number of nitrogens with one attached hydrogen (secondary N) is 1. The first-order valence-electron chi connectivity index (χ1n) is 9.32. The molecule has 1 amide bonds. The standard InChI is InChI=1S/C22H20F2N4O2S/c1-14-11-15(2)27-22(26-14)31-13-16-7-9-17(10-8-16)20(29)28-25-12-18-5-3-4-6-19(18)30-21(23)24/h3-12,21H,13H2,1-2H3,(H,28,29)/b25-12-. The van der Waals surface area contributed by atoms with Gasteiger partial charge in [-0.25, -0.2) is 15.4 Å². The molecule has 0 unspecified atom stereocenters. The number of aromatic nitrogens is 2. The van der Waals surface area contributed by atoms with Gasteiger partial charge in [-0.3, -0.25) is 4.79 Å². The van der Waals surface area contributed by atoms with Crippen LogP contribution in [0, 0.1) is 13.8 Å². The van der Waals surface area contributed by atoms with Crippen molar-refractivity contribution in [2.75, 3.05) is 0 Å². The first kappa shape index (κ1) is 22.4. The summed E-state index contributed by atoms with van der Waals surface area (Å²) in [4.78, 5) is 21.1. The Bertz CT molecular complexity index is 1060. The monoisotopic (exact) mass is 442 g/mol. The van der Waals surface area contributed by atoms with Gasteiger partial charge in [0.25, 0.3) is 5.91 Å². The summed E-state index contributed by atoms with van der Waals surface area (Å²) in [6.45, 7) is 0.917. The summed E-state index contributed by atoms with van der Waals surface area (Å²) < 4.78 is 29.3. The maximum Gasteiger partial charge on any atom is 0.387 e. The fourth-order valence-corrected chi connectivity index (χ4v) is 3.58. The van der Waals surface area contributed by atoms with Crippen LogP contribution in [-0.2, 0) is 5.75 Å². The molecule has 0 fully saturated rings. The highest BCUT2D eigenvalue weighted by molar-refractivity contribution is 7.98. The van der Waals surface area contributed by atoms with Crippen molar-refractivity contribution < 1.29 is 18.3 Å². The number of carbonyl (C=O) groups excluding carboxylic acids is 1. The van der Waals surface area contributed by atoms with Crippen LogP contribution in [0.5, 0.6) is 5.75 Å². The Hall–Kier alpha value is -3.33. The Labute approximate surface area is 182 Å². The van der Waals surface area contributed by atoms with E-state index in [0.29, 0.717) is 22.0 Å². The third-order valence-corrected chi connectivity index (χ3v) is 4.97. The molecule has 0 aliphatic heterocycles. The van der Waals surface area contributed by atoms with Gasteiger partial charge in [-0.05, 0) is 49.7 Å². The zero-order valence-electron chi connectivity index (χ0n) is 16.9. The molecule has 0 saturated carbocycles. The number of hydrogen-bond donors (Lipinski definition) is 1. The summed E-state index contributed by atoms with van der Waals surface area (Å²) in [6.07, 6.45) is 1.25. The normalized spacial score (nSPS) is 11.1. The largest absolute Gasteiger partial charge is 0.434 e. The maximum absolute atomic E-state index is 12.4. The quantitative estimate of drug-likeness (QED) is 0.236. The molecular weight excluding hydrogens is 422 g/mol. The van der Waals surface area contributed by atoms with E-state index < -0.39 is 12.5 Å². The molecule has 1 heterocycles. The fourth-order valence-electron chi connectivity index (χ4n) is 2.67. The summed E-state index contributed by atoms with van der Waals surface area (Å²) in [5.74, 6) is 0.231. The number of carbonyl (C=O) groups is 1. The molecule has 31 heavy (non-hydrogen) atoms. The second-order valence-electron chi connectivity index (χ2n) is 6.53. The van der Waals surface area contributed by atoms with Crippen LogP contribution in [0.15, 0.2) is 64.9 Å². The third kappa shape index (κ3) is 6.85. The van der Waals surface area contributed by atoms with Crippen molar-refractivity contribution in [3.8, 4) is 5.75 Å². The molecule has 0 atom stereocenters. The third-order valence-electron chi connectivity index (χ3n) is 4.05. The topological polar surface area (TPSA) is 76.5 Å². The number of benzene rings is 2. The number of ether oxygens (including phenoxy) is 1. The molecule has 0 bridgehead atoms. The number of amides is 1. The van der Waals surface area contributed by atoms with Crippen molar-refractivity contribution in [3.05, 3.63) is 82.7 Å². The molecule has 1 N–H and O–H groups in total. The zero-order valence-corrected chi connectivity index (χ0v) is 17.7. The van der Waals surface area contributed by atoms with E-state index in [0.717, 1.165) is 17.0 Å². The van der Waals surface area contributed by atoms with E-state index >= 15 is 0 Å². The maximum atomic E-state index is 12.4. The van der Waals surface area contributed by atoms with E-state index in [9.17, 15) is 13.6 Å². The van der Waals surface area contributed by atoms with Crippen molar-refractivity contribution in [1.29, 1.82) is 0 Å². The highest BCUT2D eigenvalue weighted by atomic mass is 32.2. The van der Waals surface area contributed by atoms with Crippen molar-refractivity contribution >= 4 is 23.9 Å². The van der Waals surface area contributed by atoms with Gasteiger partial charge in [-0.1, -0.05) is 36.0 Å².